The van der Waals surface area contributed by atoms with Crippen LogP contribution in [0.1, 0.15) is 16.1 Å². The minimum Gasteiger partial charge on any atom is -0.443 e. The van der Waals surface area contributed by atoms with E-state index in [0.717, 1.165) is 6.20 Å². The maximum atomic E-state index is 14.2. The van der Waals surface area contributed by atoms with E-state index in [9.17, 15) is 18.0 Å². The van der Waals surface area contributed by atoms with E-state index in [1.807, 2.05) is 0 Å². The van der Waals surface area contributed by atoms with Crippen LogP contribution in [0.25, 0.3) is 28.0 Å². The molecular weight excluding hydrogens is 505 g/mol. The largest absolute Gasteiger partial charge is 0.443 e. The standard InChI is InChI=1S/C22H12ClF3N6O2S/c23-15-8-11(9-29-17(15)20-27-6-7-34-20)31-19(33)14-10-30-32(18(14)22(24,25)26)16-3-1-2-13-12(16)4-5-28-21(13)35/h1-10H,(H,28,35)(H,31,33). The highest BCUT2D eigenvalue weighted by molar-refractivity contribution is 7.71. The molecule has 0 aliphatic rings. The van der Waals surface area contributed by atoms with Crippen molar-refractivity contribution in [1.82, 2.24) is 24.7 Å². The summed E-state index contributed by atoms with van der Waals surface area (Å²) in [4.78, 5) is 23.7. The highest BCUT2D eigenvalue weighted by Crippen LogP contribution is 2.36. The second-order valence-corrected chi connectivity index (χ2v) is 8.02. The zero-order valence-corrected chi connectivity index (χ0v) is 18.9. The number of H-pyrrole nitrogens is 1. The van der Waals surface area contributed by atoms with Crippen LogP contribution < -0.4 is 5.32 Å². The third-order valence-corrected chi connectivity index (χ3v) is 5.66. The van der Waals surface area contributed by atoms with Gasteiger partial charge in [0.25, 0.3) is 5.91 Å². The zero-order valence-electron chi connectivity index (χ0n) is 17.3. The molecule has 35 heavy (non-hydrogen) atoms. The number of rotatable bonds is 4. The lowest BCUT2D eigenvalue weighted by atomic mass is 10.1. The summed E-state index contributed by atoms with van der Waals surface area (Å²) in [5.74, 6) is -0.883. The van der Waals surface area contributed by atoms with E-state index in [1.165, 1.54) is 37.0 Å². The summed E-state index contributed by atoms with van der Waals surface area (Å²) in [5, 5.41) is 7.34. The first kappa shape index (κ1) is 22.7. The van der Waals surface area contributed by atoms with Crippen LogP contribution in [0.2, 0.25) is 5.02 Å². The van der Waals surface area contributed by atoms with Gasteiger partial charge in [-0.05, 0) is 18.2 Å². The Labute approximate surface area is 204 Å². The number of nitrogens with one attached hydrogen (secondary N) is 2. The molecule has 2 N–H and O–H groups in total. The number of alkyl halides is 3. The second-order valence-electron chi connectivity index (χ2n) is 7.21. The molecule has 8 nitrogen and oxygen atoms in total. The van der Waals surface area contributed by atoms with Crippen molar-refractivity contribution in [3.63, 3.8) is 0 Å². The van der Waals surface area contributed by atoms with Gasteiger partial charge in [0.2, 0.25) is 5.89 Å². The van der Waals surface area contributed by atoms with Crippen molar-refractivity contribution < 1.29 is 22.4 Å². The number of hydrogen-bond donors (Lipinski definition) is 2. The topological polar surface area (TPSA) is 102 Å². The predicted octanol–water partition coefficient (Wildman–Crippen LogP) is 6.06. The van der Waals surface area contributed by atoms with Gasteiger partial charge >= 0.3 is 6.18 Å². The third-order valence-electron chi connectivity index (χ3n) is 5.04. The Bertz CT molecular complexity index is 1630. The summed E-state index contributed by atoms with van der Waals surface area (Å²) >= 11 is 11.4. The Balaban J connectivity index is 1.55. The highest BCUT2D eigenvalue weighted by Gasteiger charge is 2.41. The Morgan fingerprint density at radius 1 is 1.17 bits per heavy atom. The molecule has 0 aliphatic heterocycles. The van der Waals surface area contributed by atoms with Gasteiger partial charge in [-0.15, -0.1) is 0 Å². The fourth-order valence-electron chi connectivity index (χ4n) is 3.56. The molecule has 176 valence electrons. The summed E-state index contributed by atoms with van der Waals surface area (Å²) in [6.07, 6.45) is 1.46. The lowest BCUT2D eigenvalue weighted by molar-refractivity contribution is -0.143. The molecule has 0 saturated carbocycles. The molecule has 0 spiro atoms. The van der Waals surface area contributed by atoms with Crippen LogP contribution in [-0.4, -0.2) is 30.6 Å². The number of nitrogens with zero attached hydrogens (tertiary/aromatic N) is 4. The van der Waals surface area contributed by atoms with Crippen LogP contribution in [0.5, 0.6) is 0 Å². The maximum Gasteiger partial charge on any atom is 0.434 e. The SMILES string of the molecule is O=C(Nc1cnc(-c2ncco2)c(Cl)c1)c1cnn(-c2cccc3c(=S)[nH]ccc23)c1C(F)(F)F. The highest BCUT2D eigenvalue weighted by atomic mass is 35.5. The van der Waals surface area contributed by atoms with Crippen molar-refractivity contribution in [1.29, 1.82) is 0 Å². The van der Waals surface area contributed by atoms with Crippen molar-refractivity contribution in [3.8, 4) is 17.3 Å². The molecule has 1 amide bonds. The van der Waals surface area contributed by atoms with Gasteiger partial charge in [-0.3, -0.25) is 4.79 Å². The van der Waals surface area contributed by atoms with E-state index < -0.39 is 23.3 Å². The predicted molar refractivity (Wildman–Crippen MR) is 124 cm³/mol. The summed E-state index contributed by atoms with van der Waals surface area (Å²) in [6.45, 7) is 0. The molecule has 5 aromatic rings. The van der Waals surface area contributed by atoms with Crippen LogP contribution in [0.4, 0.5) is 18.9 Å². The number of hydrogen-bond acceptors (Lipinski definition) is 6. The monoisotopic (exact) mass is 516 g/mol. The van der Waals surface area contributed by atoms with Gasteiger partial charge in [0.05, 0.1) is 40.6 Å². The number of pyridine rings is 2. The number of oxazole rings is 1. The molecule has 0 fully saturated rings. The summed E-state index contributed by atoms with van der Waals surface area (Å²) in [5.41, 5.74) is -1.51. The number of halogens is 4. The molecule has 13 heteroatoms. The normalized spacial score (nSPS) is 11.7. The Morgan fingerprint density at radius 2 is 2.00 bits per heavy atom. The summed E-state index contributed by atoms with van der Waals surface area (Å²) in [6, 6.07) is 7.62. The number of amides is 1. The minimum absolute atomic E-state index is 0.0765. The number of aromatic nitrogens is 5. The van der Waals surface area contributed by atoms with Gasteiger partial charge in [-0.2, -0.15) is 18.3 Å². The molecule has 0 saturated heterocycles. The van der Waals surface area contributed by atoms with Crippen molar-refractivity contribution >= 4 is 46.2 Å². The lowest BCUT2D eigenvalue weighted by Gasteiger charge is -2.14. The number of benzene rings is 1. The first-order valence-corrected chi connectivity index (χ1v) is 10.7. The van der Waals surface area contributed by atoms with Crippen molar-refractivity contribution in [3.05, 3.63) is 82.3 Å². The summed E-state index contributed by atoms with van der Waals surface area (Å²) in [7, 11) is 0. The maximum absolute atomic E-state index is 14.2. The molecule has 0 aliphatic carbocycles. The quantitative estimate of drug-likeness (QED) is 0.282. The third kappa shape index (κ3) is 4.17. The Morgan fingerprint density at radius 3 is 2.71 bits per heavy atom. The van der Waals surface area contributed by atoms with E-state index in [-0.39, 0.29) is 28.0 Å². The number of carbonyl (C=O) groups is 1. The van der Waals surface area contributed by atoms with Gasteiger partial charge in [-0.1, -0.05) is 36.0 Å². The minimum atomic E-state index is -4.90. The second kappa shape index (κ2) is 8.64. The van der Waals surface area contributed by atoms with Gasteiger partial charge in [-0.25, -0.2) is 14.6 Å². The molecule has 4 heterocycles. The average molecular weight is 517 g/mol. The van der Waals surface area contributed by atoms with Gasteiger partial charge in [0.15, 0.2) is 5.69 Å². The van der Waals surface area contributed by atoms with Gasteiger partial charge in [0, 0.05) is 17.0 Å². The molecule has 0 bridgehead atoms. The van der Waals surface area contributed by atoms with Crippen LogP contribution in [-0.2, 0) is 6.18 Å². The van der Waals surface area contributed by atoms with Gasteiger partial charge < -0.3 is 14.7 Å². The van der Waals surface area contributed by atoms with Crippen molar-refractivity contribution in [2.75, 3.05) is 5.32 Å². The molecule has 5 rings (SSSR count). The molecular formula is C22H12ClF3N6O2S. The van der Waals surface area contributed by atoms with E-state index in [2.05, 4.69) is 25.4 Å². The molecule has 0 unspecified atom stereocenters. The Kier molecular flexibility index (Phi) is 5.61. The first-order chi connectivity index (χ1) is 16.7. The van der Waals surface area contributed by atoms with Crippen LogP contribution in [0.3, 0.4) is 0 Å². The van der Waals surface area contributed by atoms with E-state index in [0.29, 0.717) is 20.1 Å². The lowest BCUT2D eigenvalue weighted by Crippen LogP contribution is -2.21. The fraction of sp³-hybridized carbons (Fsp3) is 0.0455. The van der Waals surface area contributed by atoms with E-state index >= 15 is 0 Å². The van der Waals surface area contributed by atoms with E-state index in [1.54, 1.807) is 18.2 Å². The molecule has 0 atom stereocenters. The van der Waals surface area contributed by atoms with Crippen molar-refractivity contribution in [2.24, 2.45) is 0 Å². The summed E-state index contributed by atoms with van der Waals surface area (Å²) < 4.78 is 48.7. The smallest absolute Gasteiger partial charge is 0.434 e. The van der Waals surface area contributed by atoms with Gasteiger partial charge in [0.1, 0.15) is 16.6 Å². The number of carbonyl (C=O) groups excluding carboxylic acids is 1. The molecule has 4 aromatic heterocycles. The van der Waals surface area contributed by atoms with E-state index in [4.69, 9.17) is 28.2 Å². The average Bonchev–Trinajstić information content (AvgIpc) is 3.49. The number of aromatic amines is 1. The molecule has 1 aromatic carbocycles. The van der Waals surface area contributed by atoms with Crippen LogP contribution >= 0.6 is 23.8 Å². The number of fused-ring (bicyclic) bond motifs is 1. The first-order valence-electron chi connectivity index (χ1n) is 9.87. The molecule has 0 radical (unpaired) electrons. The fourth-order valence-corrected chi connectivity index (χ4v) is 4.06. The van der Waals surface area contributed by atoms with Crippen molar-refractivity contribution in [2.45, 2.75) is 6.18 Å². The van der Waals surface area contributed by atoms with Crippen LogP contribution in [0, 0.1) is 4.64 Å². The van der Waals surface area contributed by atoms with Crippen LogP contribution in [0.15, 0.2) is 65.8 Å². The Hall–Kier alpha value is -4.03. The zero-order chi connectivity index (χ0) is 24.7. The number of anilines is 1.